The topological polar surface area (TPSA) is 26.3 Å². The van der Waals surface area contributed by atoms with Crippen LogP contribution in [-0.4, -0.2) is 13.1 Å². The molecule has 0 saturated carbocycles. The normalized spacial score (nSPS) is 13.8. The molecular weight excluding hydrogens is 363 g/mol. The Labute approximate surface area is 131 Å². The van der Waals surface area contributed by atoms with Crippen molar-refractivity contribution in [2.24, 2.45) is 0 Å². The molecule has 0 spiro atoms. The second kappa shape index (κ2) is 5.40. The second-order valence-corrected chi connectivity index (χ2v) is 5.29. The van der Waals surface area contributed by atoms with Crippen LogP contribution in [0.25, 0.3) is 11.1 Å². The van der Waals surface area contributed by atoms with Crippen LogP contribution in [0.1, 0.15) is 17.0 Å². The van der Waals surface area contributed by atoms with Gasteiger partial charge in [0, 0.05) is 5.92 Å². The molecule has 0 saturated heterocycles. The van der Waals surface area contributed by atoms with Gasteiger partial charge in [-0.3, -0.25) is 0 Å². The number of halogens is 1. The fourth-order valence-corrected chi connectivity index (χ4v) is 3.45. The fourth-order valence-electron chi connectivity index (χ4n) is 2.83. The highest BCUT2D eigenvalue weighted by molar-refractivity contribution is 14.1. The molecule has 100 valence electrons. The molecule has 1 aliphatic rings. The maximum Gasteiger partial charge on any atom is 0.335 e. The van der Waals surface area contributed by atoms with Gasteiger partial charge in [-0.1, -0.05) is 71.1 Å². The number of hydrogen-bond acceptors (Lipinski definition) is 2. The predicted molar refractivity (Wildman–Crippen MR) is 87.8 cm³/mol. The van der Waals surface area contributed by atoms with Gasteiger partial charge in [0.15, 0.2) is 0 Å². The van der Waals surface area contributed by atoms with E-state index in [1.165, 1.54) is 29.4 Å². The van der Waals surface area contributed by atoms with Gasteiger partial charge >= 0.3 is 5.97 Å². The largest absolute Gasteiger partial charge is 0.466 e. The molecule has 2 nitrogen and oxygen atoms in total. The number of esters is 1. The van der Waals surface area contributed by atoms with Crippen molar-refractivity contribution < 1.29 is 9.53 Å². The zero-order valence-electron chi connectivity index (χ0n) is 11.0. The summed E-state index contributed by atoms with van der Waals surface area (Å²) < 4.78 is 6.76. The molecule has 0 radical (unpaired) electrons. The number of benzene rings is 2. The Kier molecular flexibility index (Phi) is 3.61. The Bertz CT molecular complexity index is 658. The lowest BCUT2D eigenvalue weighted by atomic mass is 9.90. The van der Waals surface area contributed by atoms with Gasteiger partial charge in [0.25, 0.3) is 0 Å². The van der Waals surface area contributed by atoms with Crippen LogP contribution in [0.5, 0.6) is 0 Å². The summed E-state index contributed by atoms with van der Waals surface area (Å²) in [6.45, 7) is 0. The minimum Gasteiger partial charge on any atom is -0.466 e. The highest BCUT2D eigenvalue weighted by atomic mass is 127. The zero-order valence-corrected chi connectivity index (χ0v) is 13.1. The third-order valence-corrected chi connectivity index (χ3v) is 4.35. The van der Waals surface area contributed by atoms with E-state index in [-0.39, 0.29) is 11.9 Å². The van der Waals surface area contributed by atoms with E-state index in [9.17, 15) is 4.79 Å². The number of fused-ring (bicyclic) bond motifs is 3. The molecule has 2 aromatic rings. The summed E-state index contributed by atoms with van der Waals surface area (Å²) in [7, 11) is 1.43. The molecule has 2 aromatic carbocycles. The minimum absolute atomic E-state index is 0.0354. The van der Waals surface area contributed by atoms with Crippen molar-refractivity contribution >= 4 is 28.6 Å². The Balaban J connectivity index is 2.24. The van der Waals surface area contributed by atoms with Crippen LogP contribution < -0.4 is 0 Å². The van der Waals surface area contributed by atoms with Gasteiger partial charge in [0.2, 0.25) is 0 Å². The van der Waals surface area contributed by atoms with Crippen molar-refractivity contribution in [1.29, 1.82) is 0 Å². The summed E-state index contributed by atoms with van der Waals surface area (Å²) in [5, 5.41) is 0. The Morgan fingerprint density at radius 3 is 2.00 bits per heavy atom. The molecule has 3 heteroatoms. The summed E-state index contributed by atoms with van der Waals surface area (Å²) in [5.41, 5.74) is 5.43. The second-order valence-electron chi connectivity index (χ2n) is 4.66. The van der Waals surface area contributed by atoms with Crippen LogP contribution in [0, 0.1) is 0 Å². The molecule has 0 aromatic heterocycles. The van der Waals surface area contributed by atoms with Crippen molar-refractivity contribution in [3.05, 3.63) is 69.3 Å². The Morgan fingerprint density at radius 1 is 1.05 bits per heavy atom. The maximum atomic E-state index is 12.1. The molecule has 0 bridgehead atoms. The van der Waals surface area contributed by atoms with Crippen molar-refractivity contribution in [1.82, 2.24) is 0 Å². The number of carbonyl (C=O) groups is 1. The van der Waals surface area contributed by atoms with Crippen LogP contribution >= 0.6 is 22.6 Å². The highest BCUT2D eigenvalue weighted by Crippen LogP contribution is 2.48. The minimum atomic E-state index is -0.268. The number of ether oxygens (including phenoxy) is 1. The van der Waals surface area contributed by atoms with E-state index in [1.54, 1.807) is 0 Å². The van der Waals surface area contributed by atoms with E-state index >= 15 is 0 Å². The van der Waals surface area contributed by atoms with Crippen molar-refractivity contribution in [2.45, 2.75) is 5.92 Å². The van der Waals surface area contributed by atoms with Gasteiger partial charge < -0.3 is 4.74 Å². The SMILES string of the molecule is COC(=O)/C(=C\I)C1c2ccccc2-c2ccccc21. The lowest BCUT2D eigenvalue weighted by Gasteiger charge is -2.15. The standard InChI is InChI=1S/C17H13IO2/c1-20-17(19)15(10-18)16-13-8-4-2-6-11(13)12-7-3-5-9-14(12)16/h2-10,16H,1H3/b15-10-. The van der Waals surface area contributed by atoms with Gasteiger partial charge in [-0.15, -0.1) is 0 Å². The number of carbonyl (C=O) groups excluding carboxylic acids is 1. The number of rotatable bonds is 2. The molecule has 20 heavy (non-hydrogen) atoms. The van der Waals surface area contributed by atoms with E-state index in [4.69, 9.17) is 4.74 Å². The van der Waals surface area contributed by atoms with E-state index in [0.29, 0.717) is 5.57 Å². The van der Waals surface area contributed by atoms with Gasteiger partial charge in [-0.25, -0.2) is 4.79 Å². The molecule has 1 aliphatic carbocycles. The van der Waals surface area contributed by atoms with Crippen molar-refractivity contribution in [2.75, 3.05) is 7.11 Å². The van der Waals surface area contributed by atoms with Gasteiger partial charge in [0.05, 0.1) is 12.7 Å². The lowest BCUT2D eigenvalue weighted by molar-refractivity contribution is -0.136. The van der Waals surface area contributed by atoms with E-state index in [1.807, 2.05) is 28.3 Å². The third-order valence-electron chi connectivity index (χ3n) is 3.68. The van der Waals surface area contributed by atoms with Crippen LogP contribution in [0.15, 0.2) is 58.2 Å². The average Bonchev–Trinajstić information content (AvgIpc) is 2.83. The first-order chi connectivity index (χ1) is 9.77. The van der Waals surface area contributed by atoms with Crippen molar-refractivity contribution in [3.8, 4) is 11.1 Å². The molecule has 0 heterocycles. The third kappa shape index (κ3) is 1.97. The van der Waals surface area contributed by atoms with Gasteiger partial charge in [-0.05, 0) is 26.3 Å². The highest BCUT2D eigenvalue weighted by Gasteiger charge is 2.33. The summed E-state index contributed by atoms with van der Waals surface area (Å²) >= 11 is 2.11. The molecule has 0 atom stereocenters. The van der Waals surface area contributed by atoms with Crippen LogP contribution in [0.4, 0.5) is 0 Å². The average molecular weight is 376 g/mol. The lowest BCUT2D eigenvalue weighted by Crippen LogP contribution is -2.12. The van der Waals surface area contributed by atoms with Crippen LogP contribution in [-0.2, 0) is 9.53 Å². The molecule has 0 unspecified atom stereocenters. The monoisotopic (exact) mass is 376 g/mol. The molecular formula is C17H13IO2. The Hall–Kier alpha value is -1.62. The van der Waals surface area contributed by atoms with Crippen LogP contribution in [0.3, 0.4) is 0 Å². The summed E-state index contributed by atoms with van der Waals surface area (Å²) in [6.07, 6.45) is 0. The molecule has 0 N–H and O–H groups in total. The van der Waals surface area contributed by atoms with E-state index in [2.05, 4.69) is 46.9 Å². The fraction of sp³-hybridized carbons (Fsp3) is 0.118. The van der Waals surface area contributed by atoms with E-state index in [0.717, 1.165) is 0 Å². The summed E-state index contributed by atoms with van der Waals surface area (Å²) in [5.74, 6) is -0.303. The molecule has 0 fully saturated rings. The number of hydrogen-bond donors (Lipinski definition) is 0. The Morgan fingerprint density at radius 2 is 1.55 bits per heavy atom. The van der Waals surface area contributed by atoms with E-state index < -0.39 is 0 Å². The first-order valence-electron chi connectivity index (χ1n) is 6.34. The quantitative estimate of drug-likeness (QED) is 0.444. The van der Waals surface area contributed by atoms with Gasteiger partial charge in [0.1, 0.15) is 0 Å². The number of methoxy groups -OCH3 is 1. The molecule has 0 aliphatic heterocycles. The maximum absolute atomic E-state index is 12.1. The zero-order chi connectivity index (χ0) is 14.1. The van der Waals surface area contributed by atoms with Crippen molar-refractivity contribution in [3.63, 3.8) is 0 Å². The summed E-state index contributed by atoms with van der Waals surface area (Å²) in [4.78, 5) is 12.1. The molecule has 3 rings (SSSR count). The first-order valence-corrected chi connectivity index (χ1v) is 7.59. The smallest absolute Gasteiger partial charge is 0.335 e. The predicted octanol–water partition coefficient (Wildman–Crippen LogP) is 4.29. The molecule has 0 amide bonds. The first kappa shape index (κ1) is 13.4. The summed E-state index contributed by atoms with van der Waals surface area (Å²) in [6, 6.07) is 16.5. The van der Waals surface area contributed by atoms with Crippen LogP contribution in [0.2, 0.25) is 0 Å². The van der Waals surface area contributed by atoms with Gasteiger partial charge in [-0.2, -0.15) is 0 Å².